The number of sulfonamides is 1. The summed E-state index contributed by atoms with van der Waals surface area (Å²) in [6.45, 7) is 10.5. The molecule has 0 saturated carbocycles. The molecule has 0 aliphatic heterocycles. The monoisotopic (exact) mass is 354 g/mol. The van der Waals surface area contributed by atoms with Crippen LogP contribution in [-0.2, 0) is 14.8 Å². The lowest BCUT2D eigenvalue weighted by Crippen LogP contribution is -2.47. The van der Waals surface area contributed by atoms with Crippen LogP contribution in [0.15, 0.2) is 29.2 Å². The zero-order valence-corrected chi connectivity index (χ0v) is 16.1. The van der Waals surface area contributed by atoms with Crippen molar-refractivity contribution >= 4 is 15.9 Å². The van der Waals surface area contributed by atoms with Gasteiger partial charge in [0.15, 0.2) is 0 Å². The molecular formula is C18H30N2O3S. The van der Waals surface area contributed by atoms with Crippen LogP contribution in [-0.4, -0.2) is 26.9 Å². The van der Waals surface area contributed by atoms with E-state index >= 15 is 0 Å². The molecule has 1 aromatic rings. The van der Waals surface area contributed by atoms with Crippen LogP contribution in [0.5, 0.6) is 0 Å². The maximum Gasteiger partial charge on any atom is 0.241 e. The largest absolute Gasteiger partial charge is 0.355 e. The van der Waals surface area contributed by atoms with Crippen molar-refractivity contribution in [3.05, 3.63) is 29.8 Å². The molecule has 1 rings (SSSR count). The van der Waals surface area contributed by atoms with Gasteiger partial charge in [-0.05, 0) is 43.7 Å². The fourth-order valence-corrected chi connectivity index (χ4v) is 3.47. The first-order chi connectivity index (χ1) is 11.1. The van der Waals surface area contributed by atoms with Crippen molar-refractivity contribution in [2.75, 3.05) is 6.54 Å². The second-order valence-electron chi connectivity index (χ2n) is 7.09. The van der Waals surface area contributed by atoms with Crippen molar-refractivity contribution in [3.63, 3.8) is 0 Å². The third kappa shape index (κ3) is 7.01. The lowest BCUT2D eigenvalue weighted by Gasteiger charge is -2.20. The van der Waals surface area contributed by atoms with Gasteiger partial charge in [-0.2, -0.15) is 4.72 Å². The third-order valence-electron chi connectivity index (χ3n) is 3.67. The highest BCUT2D eigenvalue weighted by atomic mass is 32.2. The highest BCUT2D eigenvalue weighted by Gasteiger charge is 2.26. The Hall–Kier alpha value is -1.40. The lowest BCUT2D eigenvalue weighted by molar-refractivity contribution is -0.123. The molecule has 0 heterocycles. The minimum absolute atomic E-state index is 0.178. The van der Waals surface area contributed by atoms with Crippen molar-refractivity contribution < 1.29 is 13.2 Å². The number of amides is 1. The van der Waals surface area contributed by atoms with Crippen molar-refractivity contribution in [1.29, 1.82) is 0 Å². The summed E-state index contributed by atoms with van der Waals surface area (Å²) in [5.74, 6) is 0.421. The molecule has 0 radical (unpaired) electrons. The highest BCUT2D eigenvalue weighted by Crippen LogP contribution is 2.13. The Labute approximate surface area is 146 Å². The van der Waals surface area contributed by atoms with Crippen LogP contribution in [0.4, 0.5) is 0 Å². The van der Waals surface area contributed by atoms with Crippen LogP contribution >= 0.6 is 0 Å². The van der Waals surface area contributed by atoms with E-state index in [4.69, 9.17) is 0 Å². The molecule has 1 amide bonds. The Morgan fingerprint density at radius 3 is 2.12 bits per heavy atom. The Kier molecular flexibility index (Phi) is 7.90. The smallest absolute Gasteiger partial charge is 0.241 e. The molecule has 0 aliphatic rings. The summed E-state index contributed by atoms with van der Waals surface area (Å²) in [6.07, 6.45) is 1.32. The van der Waals surface area contributed by atoms with Crippen LogP contribution in [0.2, 0.25) is 0 Å². The molecule has 5 nitrogen and oxygen atoms in total. The molecule has 0 aliphatic carbocycles. The van der Waals surface area contributed by atoms with E-state index in [9.17, 15) is 13.2 Å². The molecule has 136 valence electrons. The fourth-order valence-electron chi connectivity index (χ4n) is 2.26. The minimum atomic E-state index is -3.72. The summed E-state index contributed by atoms with van der Waals surface area (Å²) >= 11 is 0. The Bertz CT molecular complexity index is 622. The average Bonchev–Trinajstić information content (AvgIpc) is 2.45. The standard InChI is InChI=1S/C18H30N2O3S/c1-13(2)10-11-19-18(21)17(12-14(3)4)20-24(22,23)16-8-6-15(5)7-9-16/h6-9,13-14,17,20H,10-12H2,1-5H3,(H,19,21). The van der Waals surface area contributed by atoms with Gasteiger partial charge in [0.05, 0.1) is 4.90 Å². The maximum absolute atomic E-state index is 12.5. The van der Waals surface area contributed by atoms with Gasteiger partial charge in [-0.15, -0.1) is 0 Å². The van der Waals surface area contributed by atoms with Crippen molar-refractivity contribution in [3.8, 4) is 0 Å². The van der Waals surface area contributed by atoms with Gasteiger partial charge in [0.25, 0.3) is 0 Å². The van der Waals surface area contributed by atoms with E-state index in [0.29, 0.717) is 18.9 Å². The van der Waals surface area contributed by atoms with Gasteiger partial charge in [0, 0.05) is 6.54 Å². The van der Waals surface area contributed by atoms with Gasteiger partial charge in [-0.3, -0.25) is 4.79 Å². The zero-order chi connectivity index (χ0) is 18.3. The van der Waals surface area contributed by atoms with Crippen LogP contribution < -0.4 is 10.0 Å². The van der Waals surface area contributed by atoms with E-state index in [1.807, 2.05) is 20.8 Å². The number of hydrogen-bond donors (Lipinski definition) is 2. The third-order valence-corrected chi connectivity index (χ3v) is 5.16. The summed E-state index contributed by atoms with van der Waals surface area (Å²) in [7, 11) is -3.72. The van der Waals surface area contributed by atoms with Crippen molar-refractivity contribution in [2.45, 2.75) is 58.4 Å². The first-order valence-corrected chi connectivity index (χ1v) is 9.97. The Morgan fingerprint density at radius 1 is 1.04 bits per heavy atom. The number of hydrogen-bond acceptors (Lipinski definition) is 3. The summed E-state index contributed by atoms with van der Waals surface area (Å²) in [5, 5.41) is 2.84. The Balaban J connectivity index is 2.84. The number of carbonyl (C=O) groups is 1. The highest BCUT2D eigenvalue weighted by molar-refractivity contribution is 7.89. The second-order valence-corrected chi connectivity index (χ2v) is 8.80. The average molecular weight is 355 g/mol. The predicted octanol–water partition coefficient (Wildman–Crippen LogP) is 2.85. The van der Waals surface area contributed by atoms with Gasteiger partial charge >= 0.3 is 0 Å². The zero-order valence-electron chi connectivity index (χ0n) is 15.3. The first-order valence-electron chi connectivity index (χ1n) is 8.48. The number of rotatable bonds is 9. The van der Waals surface area contributed by atoms with E-state index in [-0.39, 0.29) is 16.7 Å². The summed E-state index contributed by atoms with van der Waals surface area (Å²) in [5.41, 5.74) is 0.985. The van der Waals surface area contributed by atoms with E-state index in [0.717, 1.165) is 12.0 Å². The molecule has 1 atom stereocenters. The molecule has 6 heteroatoms. The SMILES string of the molecule is Cc1ccc(S(=O)(=O)NC(CC(C)C)C(=O)NCCC(C)C)cc1. The number of carbonyl (C=O) groups excluding carboxylic acids is 1. The van der Waals surface area contributed by atoms with Crippen LogP contribution in [0, 0.1) is 18.8 Å². The first kappa shape index (κ1) is 20.6. The summed E-state index contributed by atoms with van der Waals surface area (Å²) < 4.78 is 27.6. The van der Waals surface area contributed by atoms with Crippen molar-refractivity contribution in [2.24, 2.45) is 11.8 Å². The van der Waals surface area contributed by atoms with Gasteiger partial charge in [0.1, 0.15) is 6.04 Å². The molecule has 1 aromatic carbocycles. The van der Waals surface area contributed by atoms with Crippen LogP contribution in [0.3, 0.4) is 0 Å². The van der Waals surface area contributed by atoms with E-state index in [2.05, 4.69) is 23.9 Å². The lowest BCUT2D eigenvalue weighted by atomic mass is 10.0. The quantitative estimate of drug-likeness (QED) is 0.716. The number of aryl methyl sites for hydroxylation is 1. The molecular weight excluding hydrogens is 324 g/mol. The van der Waals surface area contributed by atoms with Gasteiger partial charge < -0.3 is 5.32 Å². The van der Waals surface area contributed by atoms with Crippen LogP contribution in [0.1, 0.15) is 46.1 Å². The summed E-state index contributed by atoms with van der Waals surface area (Å²) in [4.78, 5) is 12.6. The van der Waals surface area contributed by atoms with Gasteiger partial charge in [-0.1, -0.05) is 45.4 Å². The van der Waals surface area contributed by atoms with Crippen LogP contribution in [0.25, 0.3) is 0 Å². The molecule has 2 N–H and O–H groups in total. The Morgan fingerprint density at radius 2 is 1.62 bits per heavy atom. The fraction of sp³-hybridized carbons (Fsp3) is 0.611. The normalized spacial score (nSPS) is 13.3. The second kappa shape index (κ2) is 9.18. The van der Waals surface area contributed by atoms with Gasteiger partial charge in [-0.25, -0.2) is 8.42 Å². The molecule has 24 heavy (non-hydrogen) atoms. The van der Waals surface area contributed by atoms with E-state index in [1.54, 1.807) is 24.3 Å². The number of benzene rings is 1. The minimum Gasteiger partial charge on any atom is -0.355 e. The predicted molar refractivity (Wildman–Crippen MR) is 97.2 cm³/mol. The molecule has 0 bridgehead atoms. The number of nitrogens with one attached hydrogen (secondary N) is 2. The van der Waals surface area contributed by atoms with E-state index < -0.39 is 16.1 Å². The molecule has 0 spiro atoms. The molecule has 0 aromatic heterocycles. The van der Waals surface area contributed by atoms with E-state index in [1.165, 1.54) is 0 Å². The van der Waals surface area contributed by atoms with Gasteiger partial charge in [0.2, 0.25) is 15.9 Å². The topological polar surface area (TPSA) is 75.3 Å². The molecule has 1 unspecified atom stereocenters. The maximum atomic E-state index is 12.5. The summed E-state index contributed by atoms with van der Waals surface area (Å²) in [6, 6.07) is 5.84. The van der Waals surface area contributed by atoms with Crippen molar-refractivity contribution in [1.82, 2.24) is 10.0 Å². The molecule has 0 saturated heterocycles. The molecule has 0 fully saturated rings.